The van der Waals surface area contributed by atoms with Crippen LogP contribution in [0.2, 0.25) is 0 Å². The van der Waals surface area contributed by atoms with Crippen molar-refractivity contribution in [1.82, 2.24) is 4.98 Å². The van der Waals surface area contributed by atoms with Crippen LogP contribution in [0.4, 0.5) is 0 Å². The number of hydrogen-bond acceptors (Lipinski definition) is 3. The number of aromatic amines is 1. The fourth-order valence-electron chi connectivity index (χ4n) is 2.08. The fourth-order valence-corrected chi connectivity index (χ4v) is 2.90. The molecule has 1 unspecified atom stereocenters. The number of fused-ring (bicyclic) bond motifs is 1. The zero-order chi connectivity index (χ0) is 14.7. The highest BCUT2D eigenvalue weighted by Gasteiger charge is 2.33. The third-order valence-corrected chi connectivity index (χ3v) is 3.73. The molecule has 1 aromatic heterocycles. The number of carboxylic acids is 2. The topological polar surface area (TPSA) is 94.3 Å². The Morgan fingerprint density at radius 3 is 2.65 bits per heavy atom. The van der Waals surface area contributed by atoms with Crippen LogP contribution in [0, 0.1) is 0 Å². The van der Waals surface area contributed by atoms with E-state index in [4.69, 9.17) is 5.11 Å². The summed E-state index contributed by atoms with van der Waals surface area (Å²) in [5.41, 5.74) is 1.48. The molecule has 106 valence electrons. The van der Waals surface area contributed by atoms with Gasteiger partial charge in [-0.2, -0.15) is 0 Å². The van der Waals surface area contributed by atoms with E-state index in [0.29, 0.717) is 10.7 Å². The van der Waals surface area contributed by atoms with Gasteiger partial charge in [-0.3, -0.25) is 4.79 Å². The molecule has 7 heteroatoms. The van der Waals surface area contributed by atoms with Gasteiger partial charge in [0.2, 0.25) is 6.04 Å². The molecule has 0 amide bonds. The van der Waals surface area contributed by atoms with Gasteiger partial charge in [0.25, 0.3) is 0 Å². The molecule has 0 saturated heterocycles. The number of aromatic nitrogens is 2. The number of para-hydroxylation sites is 2. The van der Waals surface area contributed by atoms with E-state index in [1.165, 1.54) is 11.8 Å². The van der Waals surface area contributed by atoms with Crippen molar-refractivity contribution in [2.45, 2.75) is 24.5 Å². The van der Waals surface area contributed by atoms with Crippen LogP contribution in [-0.2, 0) is 9.59 Å². The Bertz CT molecular complexity index is 653. The molecule has 6 nitrogen and oxygen atoms in total. The van der Waals surface area contributed by atoms with E-state index in [1.807, 2.05) is 19.1 Å². The van der Waals surface area contributed by atoms with Crippen LogP contribution >= 0.6 is 11.8 Å². The van der Waals surface area contributed by atoms with Crippen molar-refractivity contribution in [2.75, 3.05) is 5.75 Å². The van der Waals surface area contributed by atoms with Gasteiger partial charge < -0.3 is 10.2 Å². The van der Waals surface area contributed by atoms with Crippen molar-refractivity contribution >= 4 is 34.7 Å². The summed E-state index contributed by atoms with van der Waals surface area (Å²) < 4.78 is 1.56. The monoisotopic (exact) mass is 295 g/mol. The number of imidazole rings is 1. The molecular formula is C13H15N2O4S+. The first-order valence-electron chi connectivity index (χ1n) is 6.14. The van der Waals surface area contributed by atoms with Crippen molar-refractivity contribution in [3.63, 3.8) is 0 Å². The number of nitrogens with zero attached hydrogens (tertiary/aromatic N) is 1. The molecule has 20 heavy (non-hydrogen) atoms. The SMILES string of the molecule is CCSc1[nH]c2ccccc2[n+]1C(CC(=O)O)C(=O)O. The van der Waals surface area contributed by atoms with Gasteiger partial charge in [-0.15, -0.1) is 0 Å². The zero-order valence-corrected chi connectivity index (χ0v) is 11.7. The summed E-state index contributed by atoms with van der Waals surface area (Å²) in [4.78, 5) is 25.5. The van der Waals surface area contributed by atoms with E-state index in [1.54, 1.807) is 16.7 Å². The second-order valence-electron chi connectivity index (χ2n) is 4.20. The van der Waals surface area contributed by atoms with Gasteiger partial charge in [0, 0.05) is 5.75 Å². The third-order valence-electron chi connectivity index (χ3n) is 2.87. The smallest absolute Gasteiger partial charge is 0.350 e. The van der Waals surface area contributed by atoms with Crippen molar-refractivity contribution in [2.24, 2.45) is 0 Å². The lowest BCUT2D eigenvalue weighted by Crippen LogP contribution is -2.46. The molecule has 0 saturated carbocycles. The second-order valence-corrected chi connectivity index (χ2v) is 5.45. The Labute approximate surface area is 119 Å². The molecule has 0 fully saturated rings. The molecule has 0 bridgehead atoms. The number of carboxylic acid groups (broad SMARTS) is 2. The number of H-pyrrole nitrogens is 1. The van der Waals surface area contributed by atoms with Gasteiger partial charge in [0.1, 0.15) is 0 Å². The molecule has 0 radical (unpaired) electrons. The van der Waals surface area contributed by atoms with Crippen LogP contribution < -0.4 is 4.57 Å². The van der Waals surface area contributed by atoms with Crippen LogP contribution in [0.15, 0.2) is 29.4 Å². The highest BCUT2D eigenvalue weighted by Crippen LogP contribution is 2.21. The first-order valence-corrected chi connectivity index (χ1v) is 7.12. The molecule has 1 aromatic carbocycles. The lowest BCUT2D eigenvalue weighted by atomic mass is 10.2. The lowest BCUT2D eigenvalue weighted by Gasteiger charge is -2.09. The van der Waals surface area contributed by atoms with Gasteiger partial charge in [-0.1, -0.05) is 19.1 Å². The quantitative estimate of drug-likeness (QED) is 0.556. The maximum atomic E-state index is 11.4. The lowest BCUT2D eigenvalue weighted by molar-refractivity contribution is -0.721. The normalized spacial score (nSPS) is 12.4. The van der Waals surface area contributed by atoms with Gasteiger partial charge in [0.15, 0.2) is 11.0 Å². The first-order chi connectivity index (χ1) is 9.54. The van der Waals surface area contributed by atoms with E-state index in [0.717, 1.165) is 11.3 Å². The van der Waals surface area contributed by atoms with E-state index in [9.17, 15) is 14.7 Å². The van der Waals surface area contributed by atoms with E-state index in [2.05, 4.69) is 4.98 Å². The molecular weight excluding hydrogens is 280 g/mol. The van der Waals surface area contributed by atoms with Crippen molar-refractivity contribution in [3.8, 4) is 0 Å². The number of rotatable bonds is 6. The number of thioether (sulfide) groups is 1. The number of carbonyl (C=O) groups is 2. The highest BCUT2D eigenvalue weighted by molar-refractivity contribution is 7.99. The van der Waals surface area contributed by atoms with Crippen molar-refractivity contribution < 1.29 is 24.4 Å². The van der Waals surface area contributed by atoms with Crippen LogP contribution in [0.25, 0.3) is 11.0 Å². The Kier molecular flexibility index (Phi) is 4.29. The molecule has 3 N–H and O–H groups in total. The maximum Gasteiger partial charge on any atom is 0.350 e. The summed E-state index contributed by atoms with van der Waals surface area (Å²) in [6.07, 6.45) is -0.459. The summed E-state index contributed by atoms with van der Waals surface area (Å²) in [6, 6.07) is 6.13. The van der Waals surface area contributed by atoms with Crippen LogP contribution in [0.3, 0.4) is 0 Å². The zero-order valence-electron chi connectivity index (χ0n) is 10.9. The average molecular weight is 295 g/mol. The van der Waals surface area contributed by atoms with Crippen molar-refractivity contribution in [1.29, 1.82) is 0 Å². The Hall–Kier alpha value is -2.02. The molecule has 1 heterocycles. The minimum absolute atomic E-state index is 0.459. The van der Waals surface area contributed by atoms with Crippen LogP contribution in [0.5, 0.6) is 0 Å². The van der Waals surface area contributed by atoms with E-state index in [-0.39, 0.29) is 0 Å². The first kappa shape index (κ1) is 14.4. The fraction of sp³-hybridized carbons (Fsp3) is 0.308. The van der Waals surface area contributed by atoms with Gasteiger partial charge >= 0.3 is 17.1 Å². The molecule has 2 rings (SSSR count). The largest absolute Gasteiger partial charge is 0.481 e. The minimum Gasteiger partial charge on any atom is -0.481 e. The third kappa shape index (κ3) is 2.77. The molecule has 2 aromatic rings. The molecule has 0 spiro atoms. The number of nitrogens with one attached hydrogen (secondary N) is 1. The summed E-state index contributed by atoms with van der Waals surface area (Å²) in [6.45, 7) is 1.95. The Morgan fingerprint density at radius 2 is 2.05 bits per heavy atom. The Morgan fingerprint density at radius 1 is 1.35 bits per heavy atom. The minimum atomic E-state index is -1.15. The Balaban J connectivity index is 2.61. The van der Waals surface area contributed by atoms with Crippen LogP contribution in [0.1, 0.15) is 19.4 Å². The maximum absolute atomic E-state index is 11.4. The summed E-state index contributed by atoms with van der Waals surface area (Å²) in [5, 5.41) is 18.9. The van der Waals surface area contributed by atoms with E-state index < -0.39 is 24.4 Å². The van der Waals surface area contributed by atoms with Gasteiger partial charge in [-0.05, 0) is 23.9 Å². The summed E-state index contributed by atoms with van der Waals surface area (Å²) >= 11 is 1.45. The standard InChI is InChI=1S/C13H14N2O4S/c1-2-20-13-14-8-5-3-4-6-9(8)15(13)10(12(18)19)7-11(16)17/h3-6,10H,2,7H2,1H3,(H2,16,17,18,19)/p+1. The highest BCUT2D eigenvalue weighted by atomic mass is 32.2. The van der Waals surface area contributed by atoms with Gasteiger partial charge in [0.05, 0.1) is 6.42 Å². The molecule has 0 aliphatic rings. The number of benzene rings is 1. The molecule has 0 aliphatic carbocycles. The van der Waals surface area contributed by atoms with Crippen molar-refractivity contribution in [3.05, 3.63) is 24.3 Å². The average Bonchev–Trinajstić information content (AvgIpc) is 2.74. The van der Waals surface area contributed by atoms with E-state index >= 15 is 0 Å². The number of aliphatic carboxylic acids is 2. The molecule has 1 atom stereocenters. The number of hydrogen-bond donors (Lipinski definition) is 3. The predicted octanol–water partition coefficient (Wildman–Crippen LogP) is 1.67. The van der Waals surface area contributed by atoms with Crippen LogP contribution in [-0.4, -0.2) is 32.9 Å². The molecule has 0 aliphatic heterocycles. The predicted molar refractivity (Wildman–Crippen MR) is 73.8 cm³/mol. The summed E-state index contributed by atoms with van der Waals surface area (Å²) in [5.74, 6) is -1.53. The second kappa shape index (κ2) is 5.96. The summed E-state index contributed by atoms with van der Waals surface area (Å²) in [7, 11) is 0. The van der Waals surface area contributed by atoms with Gasteiger partial charge in [-0.25, -0.2) is 14.3 Å².